The molecule has 5 nitrogen and oxygen atoms in total. The van der Waals surface area contributed by atoms with E-state index in [0.29, 0.717) is 0 Å². The molecule has 0 aliphatic carbocycles. The Labute approximate surface area is 154 Å². The molecular weight excluding hydrogens is 348 g/mol. The molecule has 1 N–H and O–H groups in total. The summed E-state index contributed by atoms with van der Waals surface area (Å²) >= 11 is 0. The highest BCUT2D eigenvalue weighted by molar-refractivity contribution is 7.91. The molecule has 1 aliphatic heterocycles. The van der Waals surface area contributed by atoms with Gasteiger partial charge < -0.3 is 5.32 Å². The summed E-state index contributed by atoms with van der Waals surface area (Å²) in [6, 6.07) is 16.5. The summed E-state index contributed by atoms with van der Waals surface area (Å²) in [7, 11) is -1.41. The molecule has 138 valence electrons. The van der Waals surface area contributed by atoms with Gasteiger partial charge in [-0.15, -0.1) is 0 Å². The van der Waals surface area contributed by atoms with Crippen molar-refractivity contribution in [3.8, 4) is 0 Å². The third kappa shape index (κ3) is 3.66. The van der Waals surface area contributed by atoms with Crippen LogP contribution in [0.1, 0.15) is 35.3 Å². The summed E-state index contributed by atoms with van der Waals surface area (Å²) < 4.78 is 24.6. The van der Waals surface area contributed by atoms with E-state index < -0.39 is 9.84 Å². The summed E-state index contributed by atoms with van der Waals surface area (Å²) in [6.45, 7) is 2.46. The van der Waals surface area contributed by atoms with Gasteiger partial charge in [0.2, 0.25) is 0 Å². The first-order valence-corrected chi connectivity index (χ1v) is 10.5. The van der Waals surface area contributed by atoms with Gasteiger partial charge in [0.15, 0.2) is 9.84 Å². The zero-order chi connectivity index (χ0) is 18.7. The summed E-state index contributed by atoms with van der Waals surface area (Å²) in [5.74, 6) is -0.366. The maximum atomic E-state index is 12.9. The average Bonchev–Trinajstić information content (AvgIpc) is 3.02. The molecule has 3 rings (SSSR count). The van der Waals surface area contributed by atoms with Crippen molar-refractivity contribution < 1.29 is 13.2 Å². The summed E-state index contributed by atoms with van der Waals surface area (Å²) in [5, 5.41) is 3.07. The number of amides is 1. The van der Waals surface area contributed by atoms with E-state index in [0.717, 1.165) is 18.5 Å². The maximum absolute atomic E-state index is 12.9. The highest BCUT2D eigenvalue weighted by atomic mass is 32.2. The Hall–Kier alpha value is -2.18. The van der Waals surface area contributed by atoms with Crippen LogP contribution < -0.4 is 5.32 Å². The predicted molar refractivity (Wildman–Crippen MR) is 102 cm³/mol. The number of likely N-dealkylation sites (N-methyl/N-ethyl adjacent to an activating group) is 1. The number of rotatable bonds is 5. The van der Waals surface area contributed by atoms with Gasteiger partial charge in [0, 0.05) is 6.54 Å². The molecule has 0 radical (unpaired) electrons. The van der Waals surface area contributed by atoms with Gasteiger partial charge >= 0.3 is 0 Å². The normalized spacial score (nSPS) is 20.8. The van der Waals surface area contributed by atoms with Crippen molar-refractivity contribution in [2.45, 2.75) is 30.3 Å². The van der Waals surface area contributed by atoms with E-state index in [1.54, 1.807) is 25.1 Å². The number of hydrogen-bond donors (Lipinski definition) is 1. The van der Waals surface area contributed by atoms with Gasteiger partial charge in [-0.05, 0) is 31.2 Å². The largest absolute Gasteiger partial charge is 0.347 e. The number of likely N-dealkylation sites (tertiary alicyclic amines) is 1. The van der Waals surface area contributed by atoms with Crippen molar-refractivity contribution in [2.75, 3.05) is 19.3 Å². The molecule has 0 spiro atoms. The highest BCUT2D eigenvalue weighted by Gasteiger charge is 2.34. The quantitative estimate of drug-likeness (QED) is 0.876. The van der Waals surface area contributed by atoms with E-state index in [1.165, 1.54) is 6.07 Å². The van der Waals surface area contributed by atoms with Crippen molar-refractivity contribution >= 4 is 15.7 Å². The molecule has 1 aliphatic rings. The van der Waals surface area contributed by atoms with Crippen molar-refractivity contribution in [3.63, 3.8) is 0 Å². The SMILES string of the molecule is CCS(=O)(=O)c1ccccc1C(=O)NC1CCN(C)C1c1ccccc1. The Kier molecular flexibility index (Phi) is 5.44. The Balaban J connectivity index is 1.87. The number of hydrogen-bond acceptors (Lipinski definition) is 4. The monoisotopic (exact) mass is 372 g/mol. The van der Waals surface area contributed by atoms with Crippen LogP contribution in [-0.4, -0.2) is 44.6 Å². The summed E-state index contributed by atoms with van der Waals surface area (Å²) in [6.07, 6.45) is 0.824. The fraction of sp³-hybridized carbons (Fsp3) is 0.350. The first kappa shape index (κ1) is 18.6. The zero-order valence-electron chi connectivity index (χ0n) is 15.1. The van der Waals surface area contributed by atoms with Crippen LogP contribution in [0.3, 0.4) is 0 Å². The second-order valence-electron chi connectivity index (χ2n) is 6.60. The minimum atomic E-state index is -3.46. The van der Waals surface area contributed by atoms with Crippen LogP contribution in [0.2, 0.25) is 0 Å². The Morgan fingerprint density at radius 1 is 1.12 bits per heavy atom. The van der Waals surface area contributed by atoms with Gasteiger partial charge in [-0.1, -0.05) is 49.4 Å². The minimum absolute atomic E-state index is 0.0316. The van der Waals surface area contributed by atoms with Crippen molar-refractivity contribution in [2.24, 2.45) is 0 Å². The molecule has 2 atom stereocenters. The van der Waals surface area contributed by atoms with Gasteiger partial charge in [0.05, 0.1) is 28.3 Å². The van der Waals surface area contributed by atoms with Crippen molar-refractivity contribution in [1.82, 2.24) is 10.2 Å². The van der Waals surface area contributed by atoms with E-state index >= 15 is 0 Å². The molecule has 1 fully saturated rings. The third-order valence-corrected chi connectivity index (χ3v) is 6.74. The van der Waals surface area contributed by atoms with Crippen LogP contribution in [0.4, 0.5) is 0 Å². The van der Waals surface area contributed by atoms with Crippen molar-refractivity contribution in [3.05, 3.63) is 65.7 Å². The molecular formula is C20H24N2O3S. The molecule has 0 saturated carbocycles. The zero-order valence-corrected chi connectivity index (χ0v) is 15.9. The Morgan fingerprint density at radius 3 is 2.46 bits per heavy atom. The van der Waals surface area contributed by atoms with Crippen LogP contribution in [0.25, 0.3) is 0 Å². The molecule has 0 bridgehead atoms. The first-order valence-electron chi connectivity index (χ1n) is 8.82. The number of nitrogens with one attached hydrogen (secondary N) is 1. The molecule has 1 saturated heterocycles. The molecule has 1 amide bonds. The molecule has 1 heterocycles. The van der Waals surface area contributed by atoms with E-state index in [9.17, 15) is 13.2 Å². The third-order valence-electron chi connectivity index (χ3n) is 4.95. The predicted octanol–water partition coefficient (Wildman–Crippen LogP) is 2.66. The van der Waals surface area contributed by atoms with Crippen LogP contribution in [0, 0.1) is 0 Å². The van der Waals surface area contributed by atoms with Gasteiger partial charge in [-0.25, -0.2) is 8.42 Å². The van der Waals surface area contributed by atoms with E-state index in [4.69, 9.17) is 0 Å². The topological polar surface area (TPSA) is 66.5 Å². The van der Waals surface area contributed by atoms with E-state index in [1.807, 2.05) is 25.2 Å². The van der Waals surface area contributed by atoms with Crippen LogP contribution in [0.15, 0.2) is 59.5 Å². The number of sulfone groups is 1. The van der Waals surface area contributed by atoms with Crippen LogP contribution in [0.5, 0.6) is 0 Å². The fourth-order valence-electron chi connectivity index (χ4n) is 3.56. The first-order chi connectivity index (χ1) is 12.4. The highest BCUT2D eigenvalue weighted by Crippen LogP contribution is 2.31. The lowest BCUT2D eigenvalue weighted by Crippen LogP contribution is -2.39. The van der Waals surface area contributed by atoms with Crippen LogP contribution >= 0.6 is 0 Å². The summed E-state index contributed by atoms with van der Waals surface area (Å²) in [5.41, 5.74) is 1.36. The number of nitrogens with zero attached hydrogens (tertiary/aromatic N) is 1. The van der Waals surface area contributed by atoms with Crippen LogP contribution in [-0.2, 0) is 9.84 Å². The molecule has 2 unspecified atom stereocenters. The molecule has 2 aromatic carbocycles. The smallest absolute Gasteiger partial charge is 0.252 e. The molecule has 6 heteroatoms. The number of carbonyl (C=O) groups excluding carboxylic acids is 1. The van der Waals surface area contributed by atoms with Gasteiger partial charge in [-0.3, -0.25) is 9.69 Å². The van der Waals surface area contributed by atoms with E-state index in [-0.39, 0.29) is 34.2 Å². The molecule has 0 aromatic heterocycles. The second kappa shape index (κ2) is 7.60. The summed E-state index contributed by atoms with van der Waals surface area (Å²) in [4.78, 5) is 15.2. The molecule has 2 aromatic rings. The number of carbonyl (C=O) groups is 1. The average molecular weight is 372 g/mol. The lowest BCUT2D eigenvalue weighted by molar-refractivity contribution is 0.0924. The lowest BCUT2D eigenvalue weighted by Gasteiger charge is -2.26. The van der Waals surface area contributed by atoms with E-state index in [2.05, 4.69) is 22.3 Å². The van der Waals surface area contributed by atoms with Gasteiger partial charge in [0.25, 0.3) is 5.91 Å². The standard InChI is InChI=1S/C20H24N2O3S/c1-3-26(24,25)18-12-8-7-11-16(18)20(23)21-17-13-14-22(2)19(17)15-9-5-4-6-10-15/h4-12,17,19H,3,13-14H2,1-2H3,(H,21,23). The second-order valence-corrected chi connectivity index (χ2v) is 8.85. The van der Waals surface area contributed by atoms with Crippen molar-refractivity contribution in [1.29, 1.82) is 0 Å². The maximum Gasteiger partial charge on any atom is 0.252 e. The Bertz CT molecular complexity index is 881. The van der Waals surface area contributed by atoms with Gasteiger partial charge in [-0.2, -0.15) is 0 Å². The Morgan fingerprint density at radius 2 is 1.77 bits per heavy atom. The molecule has 26 heavy (non-hydrogen) atoms. The minimum Gasteiger partial charge on any atom is -0.347 e. The fourth-order valence-corrected chi connectivity index (χ4v) is 4.65. The number of benzene rings is 2. The van der Waals surface area contributed by atoms with Gasteiger partial charge in [0.1, 0.15) is 0 Å². The lowest BCUT2D eigenvalue weighted by atomic mass is 10.00.